The van der Waals surface area contributed by atoms with Crippen molar-refractivity contribution in [3.63, 3.8) is 0 Å². The van der Waals surface area contributed by atoms with Gasteiger partial charge in [-0.1, -0.05) is 27.7 Å². The van der Waals surface area contributed by atoms with Gasteiger partial charge in [-0.2, -0.15) is 5.06 Å². The van der Waals surface area contributed by atoms with Crippen molar-refractivity contribution in [2.45, 2.75) is 70.9 Å². The van der Waals surface area contributed by atoms with Gasteiger partial charge in [0.25, 0.3) is 0 Å². The van der Waals surface area contributed by atoms with Gasteiger partial charge in [0, 0.05) is 5.54 Å². The maximum atomic E-state index is 11.6. The number of nitrogens with zero attached hydrogens (tertiary/aromatic N) is 1. The molecule has 18 heavy (non-hydrogen) atoms. The van der Waals surface area contributed by atoms with Crippen molar-refractivity contribution in [3.8, 4) is 0 Å². The first-order chi connectivity index (χ1) is 8.47. The highest BCUT2D eigenvalue weighted by molar-refractivity contribution is 5.72. The third kappa shape index (κ3) is 1.95. The van der Waals surface area contributed by atoms with Gasteiger partial charge in [0.2, 0.25) is 0 Å². The lowest BCUT2D eigenvalue weighted by Gasteiger charge is -2.44. The van der Waals surface area contributed by atoms with E-state index < -0.39 is 5.97 Å². The molecule has 1 rings (SSSR count). The van der Waals surface area contributed by atoms with Crippen LogP contribution in [0.1, 0.15) is 59.8 Å². The topological polar surface area (TPSA) is 49.8 Å². The fourth-order valence-electron chi connectivity index (χ4n) is 3.82. The van der Waals surface area contributed by atoms with Crippen LogP contribution in [0.25, 0.3) is 0 Å². The van der Waals surface area contributed by atoms with Crippen LogP contribution in [0.15, 0.2) is 0 Å². The third-order valence-electron chi connectivity index (χ3n) is 5.09. The Morgan fingerprint density at radius 3 is 2.00 bits per heavy atom. The van der Waals surface area contributed by atoms with E-state index in [1.54, 1.807) is 7.11 Å². The van der Waals surface area contributed by atoms with E-state index in [-0.39, 0.29) is 17.0 Å². The van der Waals surface area contributed by atoms with Crippen LogP contribution in [-0.4, -0.2) is 34.3 Å². The molecule has 0 aromatic carbocycles. The van der Waals surface area contributed by atoms with Crippen molar-refractivity contribution in [1.29, 1.82) is 0 Å². The molecule has 0 aromatic heterocycles. The number of aliphatic carboxylic acids is 1. The first kappa shape index (κ1) is 15.4. The minimum Gasteiger partial charge on any atom is -0.481 e. The van der Waals surface area contributed by atoms with E-state index in [0.29, 0.717) is 6.42 Å². The molecule has 0 amide bonds. The first-order valence-corrected chi connectivity index (χ1v) is 7.05. The summed E-state index contributed by atoms with van der Waals surface area (Å²) >= 11 is 0. The maximum absolute atomic E-state index is 11.6. The van der Waals surface area contributed by atoms with Crippen LogP contribution in [0.3, 0.4) is 0 Å². The molecular weight excluding hydrogens is 230 g/mol. The molecule has 1 aliphatic rings. The third-order valence-corrected chi connectivity index (χ3v) is 5.09. The van der Waals surface area contributed by atoms with Gasteiger partial charge in [-0.15, -0.1) is 0 Å². The Morgan fingerprint density at radius 2 is 1.72 bits per heavy atom. The second-order valence-electron chi connectivity index (χ2n) is 5.31. The lowest BCUT2D eigenvalue weighted by Crippen LogP contribution is -2.54. The zero-order chi connectivity index (χ0) is 14.0. The molecule has 1 saturated heterocycles. The molecule has 0 radical (unpaired) electrons. The number of hydrogen-bond donors (Lipinski definition) is 1. The fourth-order valence-corrected chi connectivity index (χ4v) is 3.82. The molecule has 0 aromatic rings. The largest absolute Gasteiger partial charge is 0.481 e. The number of carboxylic acids is 1. The van der Waals surface area contributed by atoms with Gasteiger partial charge in [-0.3, -0.25) is 4.79 Å². The van der Waals surface area contributed by atoms with E-state index in [4.69, 9.17) is 4.84 Å². The van der Waals surface area contributed by atoms with Gasteiger partial charge in [-0.05, 0) is 32.1 Å². The molecule has 1 heterocycles. The summed E-state index contributed by atoms with van der Waals surface area (Å²) in [5, 5.41) is 11.6. The predicted molar refractivity (Wildman–Crippen MR) is 71.2 cm³/mol. The Hall–Kier alpha value is -0.610. The van der Waals surface area contributed by atoms with Gasteiger partial charge in [0.1, 0.15) is 0 Å². The van der Waals surface area contributed by atoms with Crippen molar-refractivity contribution in [2.24, 2.45) is 5.92 Å². The normalized spacial score (nSPS) is 26.4. The van der Waals surface area contributed by atoms with Gasteiger partial charge in [-0.25, -0.2) is 0 Å². The number of rotatable bonds is 6. The molecule has 0 aliphatic carbocycles. The summed E-state index contributed by atoms with van der Waals surface area (Å²) in [6.07, 6.45) is 4.13. The Bertz CT molecular complexity index is 295. The van der Waals surface area contributed by atoms with Crippen LogP contribution in [-0.2, 0) is 9.63 Å². The minimum atomic E-state index is -0.690. The molecule has 0 saturated carbocycles. The maximum Gasteiger partial charge on any atom is 0.308 e. The van der Waals surface area contributed by atoms with Crippen molar-refractivity contribution in [2.75, 3.05) is 7.11 Å². The SMILES string of the molecule is CCC1(CC)CC(C(=O)O)C(CC)(CC)N1OC. The average Bonchev–Trinajstić information content (AvgIpc) is 2.69. The lowest BCUT2D eigenvalue weighted by atomic mass is 9.79. The predicted octanol–water partition coefficient (Wildman–Crippen LogP) is 3.07. The molecule has 1 atom stereocenters. The molecule has 1 unspecified atom stereocenters. The Balaban J connectivity index is 3.30. The lowest BCUT2D eigenvalue weighted by molar-refractivity contribution is -0.245. The van der Waals surface area contributed by atoms with Crippen LogP contribution in [0.4, 0.5) is 0 Å². The molecule has 1 fully saturated rings. The Kier molecular flexibility index (Phi) is 4.78. The van der Waals surface area contributed by atoms with E-state index >= 15 is 0 Å². The van der Waals surface area contributed by atoms with Gasteiger partial charge >= 0.3 is 5.97 Å². The van der Waals surface area contributed by atoms with Crippen molar-refractivity contribution < 1.29 is 14.7 Å². The van der Waals surface area contributed by atoms with E-state index in [1.807, 2.05) is 5.06 Å². The molecule has 106 valence electrons. The zero-order valence-corrected chi connectivity index (χ0v) is 12.3. The van der Waals surface area contributed by atoms with E-state index in [1.165, 1.54) is 0 Å². The molecule has 1 aliphatic heterocycles. The summed E-state index contributed by atoms with van der Waals surface area (Å²) in [4.78, 5) is 17.3. The second-order valence-corrected chi connectivity index (χ2v) is 5.31. The highest BCUT2D eigenvalue weighted by Gasteiger charge is 2.60. The summed E-state index contributed by atoms with van der Waals surface area (Å²) < 4.78 is 0. The van der Waals surface area contributed by atoms with Crippen LogP contribution < -0.4 is 0 Å². The summed E-state index contributed by atoms with van der Waals surface area (Å²) in [6.45, 7) is 8.37. The second kappa shape index (κ2) is 5.57. The summed E-state index contributed by atoms with van der Waals surface area (Å²) in [5.41, 5.74) is -0.504. The quantitative estimate of drug-likeness (QED) is 0.794. The molecule has 0 bridgehead atoms. The van der Waals surface area contributed by atoms with Crippen LogP contribution in [0.2, 0.25) is 0 Å². The number of hydroxylamine groups is 2. The monoisotopic (exact) mass is 257 g/mol. The van der Waals surface area contributed by atoms with Crippen LogP contribution in [0, 0.1) is 5.92 Å². The van der Waals surface area contributed by atoms with Crippen LogP contribution in [0.5, 0.6) is 0 Å². The molecule has 4 nitrogen and oxygen atoms in total. The standard InChI is InChI=1S/C14H27NO3/c1-6-13(7-2)10-11(12(16)17)14(8-3,9-4)15(13)18-5/h11H,6-10H2,1-5H3,(H,16,17). The molecular formula is C14H27NO3. The van der Waals surface area contributed by atoms with E-state index in [0.717, 1.165) is 25.7 Å². The highest BCUT2D eigenvalue weighted by Crippen LogP contribution is 2.51. The minimum absolute atomic E-state index is 0.135. The summed E-state index contributed by atoms with van der Waals surface area (Å²) in [6, 6.07) is 0. The van der Waals surface area contributed by atoms with Gasteiger partial charge in [0.15, 0.2) is 0 Å². The Labute approximate surface area is 110 Å². The van der Waals surface area contributed by atoms with Crippen molar-refractivity contribution >= 4 is 5.97 Å². The summed E-state index contributed by atoms with van der Waals surface area (Å²) in [7, 11) is 1.67. The van der Waals surface area contributed by atoms with Crippen molar-refractivity contribution in [3.05, 3.63) is 0 Å². The Morgan fingerprint density at radius 1 is 1.22 bits per heavy atom. The number of carbonyl (C=O) groups is 1. The summed E-state index contributed by atoms with van der Waals surface area (Å²) in [5.74, 6) is -1.03. The zero-order valence-electron chi connectivity index (χ0n) is 12.3. The highest BCUT2D eigenvalue weighted by atomic mass is 16.7. The van der Waals surface area contributed by atoms with E-state index in [2.05, 4.69) is 27.7 Å². The number of carboxylic acid groups (broad SMARTS) is 1. The average molecular weight is 257 g/mol. The van der Waals surface area contributed by atoms with E-state index in [9.17, 15) is 9.90 Å². The molecule has 0 spiro atoms. The molecule has 4 heteroatoms. The molecule has 1 N–H and O–H groups in total. The van der Waals surface area contributed by atoms with Crippen LogP contribution >= 0.6 is 0 Å². The number of hydrogen-bond acceptors (Lipinski definition) is 3. The van der Waals surface area contributed by atoms with Gasteiger partial charge in [0.05, 0.1) is 18.6 Å². The fraction of sp³-hybridized carbons (Fsp3) is 0.929. The van der Waals surface area contributed by atoms with Gasteiger partial charge < -0.3 is 9.94 Å². The smallest absolute Gasteiger partial charge is 0.308 e. The van der Waals surface area contributed by atoms with Crippen molar-refractivity contribution in [1.82, 2.24) is 5.06 Å². The first-order valence-electron chi connectivity index (χ1n) is 7.05.